The molecule has 7 heteroatoms. The van der Waals surface area contributed by atoms with Crippen molar-refractivity contribution in [2.75, 3.05) is 23.0 Å². The summed E-state index contributed by atoms with van der Waals surface area (Å²) in [7, 11) is 0. The van der Waals surface area contributed by atoms with E-state index in [2.05, 4.69) is 26.6 Å². The Hall–Kier alpha value is -2.51. The van der Waals surface area contributed by atoms with Crippen LogP contribution >= 0.6 is 27.7 Å². The summed E-state index contributed by atoms with van der Waals surface area (Å²) in [4.78, 5) is 24.7. The number of thioether (sulfide) groups is 1. The van der Waals surface area contributed by atoms with Crippen molar-refractivity contribution in [3.8, 4) is 5.75 Å². The summed E-state index contributed by atoms with van der Waals surface area (Å²) in [5.41, 5.74) is 1.33. The fraction of sp³-hybridized carbons (Fsp3) is 0.100. The highest BCUT2D eigenvalue weighted by Crippen LogP contribution is 2.34. The van der Waals surface area contributed by atoms with Gasteiger partial charge in [0.05, 0.1) is 15.9 Å². The molecule has 136 valence electrons. The molecule has 1 aliphatic rings. The number of halogens is 1. The summed E-state index contributed by atoms with van der Waals surface area (Å²) in [5, 5.41) is 7.72. The molecular weight excluding hydrogens is 428 g/mol. The van der Waals surface area contributed by atoms with E-state index in [9.17, 15) is 9.59 Å². The molecule has 4 rings (SSSR count). The third kappa shape index (κ3) is 3.94. The maximum absolute atomic E-state index is 12.2. The van der Waals surface area contributed by atoms with Gasteiger partial charge in [-0.1, -0.05) is 30.3 Å². The lowest BCUT2D eigenvalue weighted by Gasteiger charge is -2.17. The summed E-state index contributed by atoms with van der Waals surface area (Å²) >= 11 is 5.03. The van der Waals surface area contributed by atoms with Crippen molar-refractivity contribution in [2.45, 2.75) is 4.90 Å². The third-order valence-corrected chi connectivity index (χ3v) is 5.97. The van der Waals surface area contributed by atoms with Crippen molar-refractivity contribution >= 4 is 61.7 Å². The second kappa shape index (κ2) is 7.62. The van der Waals surface area contributed by atoms with Crippen LogP contribution in [-0.4, -0.2) is 24.2 Å². The van der Waals surface area contributed by atoms with Gasteiger partial charge >= 0.3 is 0 Å². The predicted molar refractivity (Wildman–Crippen MR) is 112 cm³/mol. The Morgan fingerprint density at radius 1 is 1.19 bits per heavy atom. The molecule has 0 aromatic heterocycles. The Morgan fingerprint density at radius 2 is 2.04 bits per heavy atom. The van der Waals surface area contributed by atoms with Gasteiger partial charge in [-0.05, 0) is 51.0 Å². The maximum atomic E-state index is 12.2. The first-order chi connectivity index (χ1) is 13.1. The van der Waals surface area contributed by atoms with Gasteiger partial charge in [-0.25, -0.2) is 0 Å². The number of amides is 2. The zero-order valence-corrected chi connectivity index (χ0v) is 16.5. The minimum atomic E-state index is -0.273. The van der Waals surface area contributed by atoms with Crippen molar-refractivity contribution in [3.63, 3.8) is 0 Å². The van der Waals surface area contributed by atoms with Crippen LogP contribution in [-0.2, 0) is 9.59 Å². The van der Waals surface area contributed by atoms with Gasteiger partial charge < -0.3 is 15.4 Å². The molecule has 3 aromatic carbocycles. The van der Waals surface area contributed by atoms with Crippen LogP contribution in [0.5, 0.6) is 5.75 Å². The summed E-state index contributed by atoms with van der Waals surface area (Å²) in [6.45, 7) is -0.116. The first kappa shape index (κ1) is 17.9. The van der Waals surface area contributed by atoms with Gasteiger partial charge in [-0.2, -0.15) is 0 Å². The summed E-state index contributed by atoms with van der Waals surface area (Å²) in [6, 6.07) is 17.2. The van der Waals surface area contributed by atoms with Gasteiger partial charge in [0.25, 0.3) is 5.91 Å². The van der Waals surface area contributed by atoms with E-state index in [0.29, 0.717) is 22.9 Å². The van der Waals surface area contributed by atoms with Crippen LogP contribution in [0.15, 0.2) is 64.0 Å². The van der Waals surface area contributed by atoms with Gasteiger partial charge in [0.15, 0.2) is 6.61 Å². The zero-order valence-electron chi connectivity index (χ0n) is 14.1. The Kier molecular flexibility index (Phi) is 5.05. The quantitative estimate of drug-likeness (QED) is 0.616. The number of fused-ring (bicyclic) bond motifs is 2. The van der Waals surface area contributed by atoms with Gasteiger partial charge in [-0.15, -0.1) is 11.8 Å². The first-order valence-corrected chi connectivity index (χ1v) is 10.0. The molecule has 2 N–H and O–H groups in total. The zero-order chi connectivity index (χ0) is 18.8. The van der Waals surface area contributed by atoms with Gasteiger partial charge in [0.2, 0.25) is 5.91 Å². The number of carbonyl (C=O) groups excluding carboxylic acids is 2. The van der Waals surface area contributed by atoms with Crippen molar-refractivity contribution < 1.29 is 14.3 Å². The minimum Gasteiger partial charge on any atom is -0.483 e. The monoisotopic (exact) mass is 442 g/mol. The highest BCUT2D eigenvalue weighted by molar-refractivity contribution is 9.10. The number of hydrogen-bond acceptors (Lipinski definition) is 4. The average molecular weight is 443 g/mol. The standard InChI is InChI=1S/C20H15BrN2O3S/c21-20-14-4-2-1-3-12(14)5-7-16(20)26-10-18(24)22-13-6-8-17-15(9-13)23-19(25)11-27-17/h1-9H,10-11H2,(H,22,24)(H,23,25). The van der Waals surface area contributed by atoms with E-state index in [4.69, 9.17) is 4.74 Å². The Morgan fingerprint density at radius 3 is 2.93 bits per heavy atom. The molecule has 1 heterocycles. The van der Waals surface area contributed by atoms with Crippen molar-refractivity contribution in [1.29, 1.82) is 0 Å². The van der Waals surface area contributed by atoms with Crippen molar-refractivity contribution in [3.05, 3.63) is 59.1 Å². The number of hydrogen-bond donors (Lipinski definition) is 2. The van der Waals surface area contributed by atoms with E-state index in [1.807, 2.05) is 48.5 Å². The lowest BCUT2D eigenvalue weighted by molar-refractivity contribution is -0.118. The molecular formula is C20H15BrN2O3S. The number of benzene rings is 3. The van der Waals surface area contributed by atoms with E-state index in [0.717, 1.165) is 20.1 Å². The maximum Gasteiger partial charge on any atom is 0.262 e. The largest absolute Gasteiger partial charge is 0.483 e. The van der Waals surface area contributed by atoms with Crippen LogP contribution in [0.1, 0.15) is 0 Å². The van der Waals surface area contributed by atoms with Crippen LogP contribution in [0.4, 0.5) is 11.4 Å². The van der Waals surface area contributed by atoms with Gasteiger partial charge in [0.1, 0.15) is 5.75 Å². The van der Waals surface area contributed by atoms with Crippen LogP contribution in [0.2, 0.25) is 0 Å². The normalized spacial score (nSPS) is 13.0. The van der Waals surface area contributed by atoms with Gasteiger partial charge in [0, 0.05) is 10.6 Å². The first-order valence-electron chi connectivity index (χ1n) is 8.27. The third-order valence-electron chi connectivity index (χ3n) is 4.08. The fourth-order valence-electron chi connectivity index (χ4n) is 2.83. The number of anilines is 2. The number of carbonyl (C=O) groups is 2. The van der Waals surface area contributed by atoms with E-state index in [-0.39, 0.29) is 18.4 Å². The fourth-order valence-corrected chi connectivity index (χ4v) is 4.22. The van der Waals surface area contributed by atoms with E-state index in [1.165, 1.54) is 11.8 Å². The highest BCUT2D eigenvalue weighted by atomic mass is 79.9. The van der Waals surface area contributed by atoms with Crippen LogP contribution in [0, 0.1) is 0 Å². The van der Waals surface area contributed by atoms with E-state index < -0.39 is 0 Å². The predicted octanol–water partition coefficient (Wildman–Crippen LogP) is 4.66. The Balaban J connectivity index is 1.42. The molecule has 27 heavy (non-hydrogen) atoms. The molecule has 0 saturated carbocycles. The summed E-state index contributed by atoms with van der Waals surface area (Å²) in [6.07, 6.45) is 0. The van der Waals surface area contributed by atoms with E-state index in [1.54, 1.807) is 6.07 Å². The summed E-state index contributed by atoms with van der Waals surface area (Å²) < 4.78 is 6.50. The molecule has 0 radical (unpaired) electrons. The average Bonchev–Trinajstić information content (AvgIpc) is 2.67. The number of rotatable bonds is 4. The number of nitrogens with one attached hydrogen (secondary N) is 2. The Bertz CT molecular complexity index is 1050. The molecule has 3 aromatic rings. The van der Waals surface area contributed by atoms with Crippen LogP contribution < -0.4 is 15.4 Å². The SMILES string of the molecule is O=C(COc1ccc2ccccc2c1Br)Nc1ccc2c(c1)NC(=O)CS2. The summed E-state index contributed by atoms with van der Waals surface area (Å²) in [5.74, 6) is 0.705. The highest BCUT2D eigenvalue weighted by Gasteiger charge is 2.16. The van der Waals surface area contributed by atoms with Crippen molar-refractivity contribution in [1.82, 2.24) is 0 Å². The molecule has 1 aliphatic heterocycles. The lowest BCUT2D eigenvalue weighted by Crippen LogP contribution is -2.21. The molecule has 0 unspecified atom stereocenters. The van der Waals surface area contributed by atoms with Crippen molar-refractivity contribution in [2.24, 2.45) is 0 Å². The molecule has 5 nitrogen and oxygen atoms in total. The van der Waals surface area contributed by atoms with Crippen LogP contribution in [0.3, 0.4) is 0 Å². The topological polar surface area (TPSA) is 67.4 Å². The van der Waals surface area contributed by atoms with Crippen LogP contribution in [0.25, 0.3) is 10.8 Å². The molecule has 0 atom stereocenters. The van der Waals surface area contributed by atoms with E-state index >= 15 is 0 Å². The molecule has 2 amide bonds. The Labute approximate surface area is 168 Å². The molecule has 0 fully saturated rings. The molecule has 0 spiro atoms. The smallest absolute Gasteiger partial charge is 0.262 e. The number of ether oxygens (including phenoxy) is 1. The second-order valence-corrected chi connectivity index (χ2v) is 7.79. The minimum absolute atomic E-state index is 0.0412. The van der Waals surface area contributed by atoms with Gasteiger partial charge in [-0.3, -0.25) is 9.59 Å². The second-order valence-electron chi connectivity index (χ2n) is 5.98. The molecule has 0 aliphatic carbocycles. The molecule has 0 saturated heterocycles. The molecule has 0 bridgehead atoms. The lowest BCUT2D eigenvalue weighted by atomic mass is 10.1.